The highest BCUT2D eigenvalue weighted by Gasteiger charge is 2.13. The number of nitrogens with zero attached hydrogens (tertiary/aromatic N) is 1. The van der Waals surface area contributed by atoms with Crippen molar-refractivity contribution in [2.45, 2.75) is 20.8 Å². The maximum absolute atomic E-state index is 12.0. The number of thioether (sulfide) groups is 1. The first-order valence-electron chi connectivity index (χ1n) is 8.29. The van der Waals surface area contributed by atoms with Crippen molar-refractivity contribution in [2.24, 2.45) is 0 Å². The predicted octanol–water partition coefficient (Wildman–Crippen LogP) is 1.97. The van der Waals surface area contributed by atoms with E-state index in [0.29, 0.717) is 24.3 Å². The number of rotatable bonds is 10. The number of anilines is 1. The fourth-order valence-electron chi connectivity index (χ4n) is 2.10. The number of hydrogen-bond acceptors (Lipinski definition) is 6. The zero-order chi connectivity index (χ0) is 19.5. The summed E-state index contributed by atoms with van der Waals surface area (Å²) in [5.74, 6) is -0.877. The van der Waals surface area contributed by atoms with E-state index in [1.165, 1.54) is 18.7 Å². The summed E-state index contributed by atoms with van der Waals surface area (Å²) in [6.45, 7) is 6.10. The van der Waals surface area contributed by atoms with Crippen molar-refractivity contribution in [1.82, 2.24) is 4.90 Å². The van der Waals surface area contributed by atoms with Crippen molar-refractivity contribution in [3.05, 3.63) is 29.8 Å². The molecular formula is C18H24N2O5S. The summed E-state index contributed by atoms with van der Waals surface area (Å²) in [5, 5.41) is 2.60. The molecule has 0 aliphatic heterocycles. The highest BCUT2D eigenvalue weighted by Crippen LogP contribution is 2.10. The summed E-state index contributed by atoms with van der Waals surface area (Å²) in [6, 6.07) is 6.31. The third kappa shape index (κ3) is 7.69. The number of esters is 1. The van der Waals surface area contributed by atoms with E-state index in [9.17, 15) is 19.2 Å². The van der Waals surface area contributed by atoms with Gasteiger partial charge in [0.15, 0.2) is 12.4 Å². The van der Waals surface area contributed by atoms with Gasteiger partial charge in [-0.25, -0.2) is 0 Å². The molecule has 0 aliphatic carbocycles. The van der Waals surface area contributed by atoms with E-state index in [1.807, 2.05) is 13.8 Å². The minimum Gasteiger partial charge on any atom is -0.457 e. The summed E-state index contributed by atoms with van der Waals surface area (Å²) >= 11 is 1.17. The minimum atomic E-state index is -0.537. The molecule has 0 atom stereocenters. The first-order valence-corrected chi connectivity index (χ1v) is 9.44. The van der Waals surface area contributed by atoms with Crippen molar-refractivity contribution in [1.29, 1.82) is 0 Å². The molecule has 1 rings (SSSR count). The van der Waals surface area contributed by atoms with E-state index < -0.39 is 5.97 Å². The molecule has 0 saturated heterocycles. The lowest BCUT2D eigenvalue weighted by Gasteiger charge is -2.17. The van der Waals surface area contributed by atoms with E-state index in [1.54, 1.807) is 29.2 Å². The molecule has 0 heterocycles. The first-order chi connectivity index (χ1) is 12.4. The van der Waals surface area contributed by atoms with Gasteiger partial charge in [-0.05, 0) is 38.1 Å². The second kappa shape index (κ2) is 11.3. The molecule has 8 heteroatoms. The first kappa shape index (κ1) is 21.7. The second-order valence-electron chi connectivity index (χ2n) is 5.40. The summed E-state index contributed by atoms with van der Waals surface area (Å²) in [6.07, 6.45) is 0. The standard InChI is InChI=1S/C18H24N2O5S/c1-4-20(5-2)17(23)11-26-12-18(24)25-10-16(22)14-6-8-15(9-7-14)19-13(3)21/h6-9H,4-5,10-12H2,1-3H3,(H,19,21). The van der Waals surface area contributed by atoms with Gasteiger partial charge in [-0.15, -0.1) is 11.8 Å². The Kier molecular flexibility index (Phi) is 9.43. The van der Waals surface area contributed by atoms with Crippen LogP contribution in [0.4, 0.5) is 5.69 Å². The average Bonchev–Trinajstić information content (AvgIpc) is 2.61. The Morgan fingerprint density at radius 2 is 1.65 bits per heavy atom. The molecule has 1 aromatic rings. The van der Waals surface area contributed by atoms with Gasteiger partial charge in [0.05, 0.1) is 11.5 Å². The van der Waals surface area contributed by atoms with Crippen molar-refractivity contribution in [2.75, 3.05) is 36.5 Å². The van der Waals surface area contributed by atoms with Crippen LogP contribution in [0.1, 0.15) is 31.1 Å². The molecule has 1 aromatic carbocycles. The average molecular weight is 380 g/mol. The largest absolute Gasteiger partial charge is 0.457 e. The van der Waals surface area contributed by atoms with Crippen molar-refractivity contribution < 1.29 is 23.9 Å². The Morgan fingerprint density at radius 1 is 1.04 bits per heavy atom. The molecule has 2 amide bonds. The summed E-state index contributed by atoms with van der Waals surface area (Å²) in [5.41, 5.74) is 0.969. The molecule has 0 aromatic heterocycles. The molecule has 0 radical (unpaired) electrons. The Morgan fingerprint density at radius 3 is 2.19 bits per heavy atom. The number of carbonyl (C=O) groups is 4. The smallest absolute Gasteiger partial charge is 0.316 e. The Balaban J connectivity index is 2.34. The third-order valence-corrected chi connectivity index (χ3v) is 4.34. The van der Waals surface area contributed by atoms with Crippen LogP contribution >= 0.6 is 11.8 Å². The van der Waals surface area contributed by atoms with Gasteiger partial charge in [-0.1, -0.05) is 0 Å². The van der Waals surface area contributed by atoms with E-state index in [4.69, 9.17) is 4.74 Å². The number of ether oxygens (including phenoxy) is 1. The molecule has 0 spiro atoms. The number of amides is 2. The lowest BCUT2D eigenvalue weighted by molar-refractivity contribution is -0.139. The van der Waals surface area contributed by atoms with Gasteiger partial charge in [0.25, 0.3) is 0 Å². The number of nitrogens with one attached hydrogen (secondary N) is 1. The molecule has 0 bridgehead atoms. The van der Waals surface area contributed by atoms with Crippen LogP contribution in [-0.2, 0) is 19.1 Å². The second-order valence-corrected chi connectivity index (χ2v) is 6.39. The monoisotopic (exact) mass is 380 g/mol. The Labute approximate surface area is 157 Å². The van der Waals surface area contributed by atoms with Crippen LogP contribution in [0.3, 0.4) is 0 Å². The molecule has 26 heavy (non-hydrogen) atoms. The van der Waals surface area contributed by atoms with Crippen LogP contribution in [0.5, 0.6) is 0 Å². The van der Waals surface area contributed by atoms with E-state index in [-0.39, 0.29) is 35.7 Å². The molecule has 0 unspecified atom stereocenters. The fraction of sp³-hybridized carbons (Fsp3) is 0.444. The Hall–Kier alpha value is -2.35. The molecule has 142 valence electrons. The number of Topliss-reactive ketones (excluding diaryl/α,β-unsaturated/α-hetero) is 1. The van der Waals surface area contributed by atoms with Gasteiger partial charge < -0.3 is 15.0 Å². The number of hydrogen-bond donors (Lipinski definition) is 1. The number of ketones is 1. The zero-order valence-corrected chi connectivity index (χ0v) is 16.1. The molecule has 0 fully saturated rings. The quantitative estimate of drug-likeness (QED) is 0.493. The van der Waals surface area contributed by atoms with Gasteiger partial charge in [-0.2, -0.15) is 0 Å². The van der Waals surface area contributed by atoms with Crippen LogP contribution in [0.2, 0.25) is 0 Å². The van der Waals surface area contributed by atoms with Gasteiger partial charge >= 0.3 is 5.97 Å². The minimum absolute atomic E-state index is 0.0156. The zero-order valence-electron chi connectivity index (χ0n) is 15.2. The Bertz CT molecular complexity index is 641. The van der Waals surface area contributed by atoms with Gasteiger partial charge in [-0.3, -0.25) is 19.2 Å². The SMILES string of the molecule is CCN(CC)C(=O)CSCC(=O)OCC(=O)c1ccc(NC(C)=O)cc1. The number of carbonyl (C=O) groups excluding carboxylic acids is 4. The summed E-state index contributed by atoms with van der Waals surface area (Å²) < 4.78 is 4.94. The lowest BCUT2D eigenvalue weighted by atomic mass is 10.1. The highest BCUT2D eigenvalue weighted by atomic mass is 32.2. The van der Waals surface area contributed by atoms with Gasteiger partial charge in [0.2, 0.25) is 11.8 Å². The van der Waals surface area contributed by atoms with Crippen molar-refractivity contribution >= 4 is 41.0 Å². The maximum Gasteiger partial charge on any atom is 0.316 e. The molecule has 0 aliphatic rings. The van der Waals surface area contributed by atoms with Gasteiger partial charge in [0, 0.05) is 31.3 Å². The van der Waals surface area contributed by atoms with Crippen LogP contribution < -0.4 is 5.32 Å². The van der Waals surface area contributed by atoms with Crippen LogP contribution in [-0.4, -0.2) is 59.7 Å². The highest BCUT2D eigenvalue weighted by molar-refractivity contribution is 8.00. The number of benzene rings is 1. The van der Waals surface area contributed by atoms with Crippen molar-refractivity contribution in [3.63, 3.8) is 0 Å². The van der Waals surface area contributed by atoms with Crippen LogP contribution in [0.25, 0.3) is 0 Å². The van der Waals surface area contributed by atoms with Gasteiger partial charge in [0.1, 0.15) is 0 Å². The van der Waals surface area contributed by atoms with E-state index in [2.05, 4.69) is 5.32 Å². The van der Waals surface area contributed by atoms with E-state index >= 15 is 0 Å². The normalized spacial score (nSPS) is 10.1. The van der Waals surface area contributed by atoms with Crippen LogP contribution in [0.15, 0.2) is 24.3 Å². The molecule has 0 saturated carbocycles. The summed E-state index contributed by atoms with van der Waals surface area (Å²) in [7, 11) is 0. The summed E-state index contributed by atoms with van der Waals surface area (Å²) in [4.78, 5) is 48.1. The topological polar surface area (TPSA) is 92.8 Å². The molecule has 1 N–H and O–H groups in total. The molecular weight excluding hydrogens is 356 g/mol. The van der Waals surface area contributed by atoms with Crippen molar-refractivity contribution in [3.8, 4) is 0 Å². The molecule has 7 nitrogen and oxygen atoms in total. The predicted molar refractivity (Wildman–Crippen MR) is 101 cm³/mol. The lowest BCUT2D eigenvalue weighted by Crippen LogP contribution is -2.32. The van der Waals surface area contributed by atoms with Crippen LogP contribution in [0, 0.1) is 0 Å². The fourth-order valence-corrected chi connectivity index (χ4v) is 2.81. The maximum atomic E-state index is 12.0. The third-order valence-electron chi connectivity index (χ3n) is 3.45. The van der Waals surface area contributed by atoms with E-state index in [0.717, 1.165) is 0 Å².